The summed E-state index contributed by atoms with van der Waals surface area (Å²) in [6.45, 7) is 9.29. The Bertz CT molecular complexity index is 201. The highest BCUT2D eigenvalue weighted by atomic mass is 16.5. The van der Waals surface area contributed by atoms with Gasteiger partial charge in [0.25, 0.3) is 0 Å². The number of hydrogen-bond donors (Lipinski definition) is 1. The Labute approximate surface area is 99.3 Å². The van der Waals surface area contributed by atoms with Crippen LogP contribution in [0.2, 0.25) is 0 Å². The van der Waals surface area contributed by atoms with Gasteiger partial charge in [0.05, 0.1) is 18.8 Å². The summed E-state index contributed by atoms with van der Waals surface area (Å²) in [7, 11) is 3.89. The first-order valence-electron chi connectivity index (χ1n) is 6.13. The number of nitrogens with zero attached hydrogens (tertiary/aromatic N) is 1. The molecule has 0 saturated carbocycles. The largest absolute Gasteiger partial charge is 0.380 e. The third kappa shape index (κ3) is 4.01. The van der Waals surface area contributed by atoms with E-state index in [4.69, 9.17) is 9.47 Å². The van der Waals surface area contributed by atoms with Gasteiger partial charge in [-0.1, -0.05) is 0 Å². The summed E-state index contributed by atoms with van der Waals surface area (Å²) < 4.78 is 11.1. The molecule has 0 amide bonds. The maximum atomic E-state index is 5.78. The van der Waals surface area contributed by atoms with Crippen molar-refractivity contribution in [3.63, 3.8) is 0 Å². The van der Waals surface area contributed by atoms with Gasteiger partial charge >= 0.3 is 0 Å². The van der Waals surface area contributed by atoms with Crippen LogP contribution in [-0.4, -0.2) is 63.0 Å². The van der Waals surface area contributed by atoms with Gasteiger partial charge in [0.1, 0.15) is 0 Å². The second kappa shape index (κ2) is 6.55. The number of hydrogen-bond acceptors (Lipinski definition) is 4. The number of methoxy groups -OCH3 is 1. The fourth-order valence-corrected chi connectivity index (χ4v) is 1.98. The van der Waals surface area contributed by atoms with Gasteiger partial charge in [-0.2, -0.15) is 0 Å². The predicted molar refractivity (Wildman–Crippen MR) is 65.8 cm³/mol. The first-order valence-corrected chi connectivity index (χ1v) is 6.13. The fourth-order valence-electron chi connectivity index (χ4n) is 1.98. The van der Waals surface area contributed by atoms with Gasteiger partial charge in [-0.05, 0) is 27.8 Å². The average molecular weight is 230 g/mol. The van der Waals surface area contributed by atoms with Crippen LogP contribution in [-0.2, 0) is 9.47 Å². The lowest BCUT2D eigenvalue weighted by atomic mass is 10.1. The molecule has 4 atom stereocenters. The van der Waals surface area contributed by atoms with Gasteiger partial charge in [0.15, 0.2) is 0 Å². The van der Waals surface area contributed by atoms with Crippen LogP contribution in [0.25, 0.3) is 0 Å². The van der Waals surface area contributed by atoms with Crippen LogP contribution >= 0.6 is 0 Å². The van der Waals surface area contributed by atoms with E-state index in [1.165, 1.54) is 0 Å². The van der Waals surface area contributed by atoms with Crippen molar-refractivity contribution in [2.24, 2.45) is 0 Å². The normalized spacial score (nSPS) is 28.7. The van der Waals surface area contributed by atoms with E-state index in [9.17, 15) is 0 Å². The Morgan fingerprint density at radius 1 is 1.38 bits per heavy atom. The monoisotopic (exact) mass is 230 g/mol. The molecule has 96 valence electrons. The molecule has 1 heterocycles. The molecule has 4 nitrogen and oxygen atoms in total. The third-order valence-corrected chi connectivity index (χ3v) is 3.46. The van der Waals surface area contributed by atoms with E-state index in [0.717, 1.165) is 19.7 Å². The van der Waals surface area contributed by atoms with Crippen molar-refractivity contribution in [3.8, 4) is 0 Å². The summed E-state index contributed by atoms with van der Waals surface area (Å²) in [4.78, 5) is 2.32. The van der Waals surface area contributed by atoms with Gasteiger partial charge in [-0.3, -0.25) is 0 Å². The molecule has 0 aromatic rings. The quantitative estimate of drug-likeness (QED) is 0.754. The summed E-state index contributed by atoms with van der Waals surface area (Å²) in [5.41, 5.74) is 0. The van der Waals surface area contributed by atoms with Crippen molar-refractivity contribution in [1.29, 1.82) is 0 Å². The molecular weight excluding hydrogens is 204 g/mol. The van der Waals surface area contributed by atoms with E-state index in [0.29, 0.717) is 12.1 Å². The molecule has 1 saturated heterocycles. The highest BCUT2D eigenvalue weighted by Gasteiger charge is 2.25. The molecular formula is C12H26N2O2. The molecule has 16 heavy (non-hydrogen) atoms. The number of rotatable bonds is 5. The summed E-state index contributed by atoms with van der Waals surface area (Å²) in [6.07, 6.45) is 0.508. The molecule has 1 aliphatic heterocycles. The molecule has 1 aliphatic rings. The third-order valence-electron chi connectivity index (χ3n) is 3.46. The van der Waals surface area contributed by atoms with Crippen LogP contribution in [0, 0.1) is 0 Å². The topological polar surface area (TPSA) is 33.7 Å². The summed E-state index contributed by atoms with van der Waals surface area (Å²) in [5.74, 6) is 0. The van der Waals surface area contributed by atoms with E-state index >= 15 is 0 Å². The Morgan fingerprint density at radius 3 is 2.62 bits per heavy atom. The highest BCUT2D eigenvalue weighted by molar-refractivity contribution is 4.82. The van der Waals surface area contributed by atoms with Crippen LogP contribution < -0.4 is 5.32 Å². The fraction of sp³-hybridized carbons (Fsp3) is 1.00. The number of nitrogens with one attached hydrogen (secondary N) is 1. The molecule has 0 radical (unpaired) electrons. The molecule has 0 spiro atoms. The summed E-state index contributed by atoms with van der Waals surface area (Å²) >= 11 is 0. The minimum atomic E-state index is 0.226. The second-order valence-corrected chi connectivity index (χ2v) is 4.86. The molecule has 0 aromatic carbocycles. The van der Waals surface area contributed by atoms with Crippen LogP contribution in [0.15, 0.2) is 0 Å². The summed E-state index contributed by atoms with van der Waals surface area (Å²) in [5, 5.41) is 3.54. The van der Waals surface area contributed by atoms with Crippen molar-refractivity contribution >= 4 is 0 Å². The number of morpholine rings is 1. The standard InChI is InChI=1S/C12H26N2O2/c1-9(11(3)15-5)13-10(2)12-8-14(4)6-7-16-12/h9-13H,6-8H2,1-5H3. The number of ether oxygens (including phenoxy) is 2. The zero-order valence-electron chi connectivity index (χ0n) is 11.2. The summed E-state index contributed by atoms with van der Waals surface area (Å²) in [6, 6.07) is 0.700. The van der Waals surface area contributed by atoms with Crippen LogP contribution in [0.5, 0.6) is 0 Å². The Hall–Kier alpha value is -0.160. The minimum Gasteiger partial charge on any atom is -0.380 e. The molecule has 0 aliphatic carbocycles. The maximum Gasteiger partial charge on any atom is 0.0852 e. The van der Waals surface area contributed by atoms with Crippen molar-refractivity contribution in [2.75, 3.05) is 33.9 Å². The average Bonchev–Trinajstić information content (AvgIpc) is 2.27. The van der Waals surface area contributed by atoms with E-state index in [1.54, 1.807) is 7.11 Å². The Kier molecular flexibility index (Phi) is 5.69. The van der Waals surface area contributed by atoms with Gasteiger partial charge in [-0.25, -0.2) is 0 Å². The van der Waals surface area contributed by atoms with Crippen molar-refractivity contribution in [2.45, 2.75) is 45.1 Å². The van der Waals surface area contributed by atoms with Gasteiger partial charge < -0.3 is 19.7 Å². The second-order valence-electron chi connectivity index (χ2n) is 4.86. The van der Waals surface area contributed by atoms with Crippen LogP contribution in [0.1, 0.15) is 20.8 Å². The zero-order valence-corrected chi connectivity index (χ0v) is 11.2. The first kappa shape index (κ1) is 13.9. The van der Waals surface area contributed by atoms with E-state index in [2.05, 4.69) is 38.0 Å². The SMILES string of the molecule is COC(C)C(C)NC(C)C1CN(C)CCO1. The predicted octanol–water partition coefficient (Wildman–Crippen LogP) is 0.719. The van der Waals surface area contributed by atoms with Gasteiger partial charge in [0.2, 0.25) is 0 Å². The van der Waals surface area contributed by atoms with Gasteiger partial charge in [-0.15, -0.1) is 0 Å². The lowest BCUT2D eigenvalue weighted by Crippen LogP contribution is -2.53. The van der Waals surface area contributed by atoms with Crippen LogP contribution in [0.3, 0.4) is 0 Å². The Balaban J connectivity index is 2.35. The van der Waals surface area contributed by atoms with Crippen molar-refractivity contribution in [3.05, 3.63) is 0 Å². The maximum absolute atomic E-state index is 5.78. The molecule has 0 aromatic heterocycles. The van der Waals surface area contributed by atoms with Crippen molar-refractivity contribution < 1.29 is 9.47 Å². The molecule has 1 rings (SSSR count). The van der Waals surface area contributed by atoms with Crippen LogP contribution in [0.4, 0.5) is 0 Å². The number of likely N-dealkylation sites (N-methyl/N-ethyl adjacent to an activating group) is 1. The van der Waals surface area contributed by atoms with Crippen molar-refractivity contribution in [1.82, 2.24) is 10.2 Å². The van der Waals surface area contributed by atoms with E-state index in [-0.39, 0.29) is 12.2 Å². The molecule has 1 N–H and O–H groups in total. The lowest BCUT2D eigenvalue weighted by molar-refractivity contribution is -0.0403. The molecule has 1 fully saturated rings. The highest BCUT2D eigenvalue weighted by Crippen LogP contribution is 2.09. The first-order chi connectivity index (χ1) is 7.54. The van der Waals surface area contributed by atoms with E-state index in [1.807, 2.05) is 0 Å². The molecule has 0 bridgehead atoms. The Morgan fingerprint density at radius 2 is 2.06 bits per heavy atom. The molecule has 4 unspecified atom stereocenters. The smallest absolute Gasteiger partial charge is 0.0852 e. The molecule has 4 heteroatoms. The minimum absolute atomic E-state index is 0.226. The van der Waals surface area contributed by atoms with Gasteiger partial charge in [0, 0.05) is 32.3 Å². The van der Waals surface area contributed by atoms with E-state index < -0.39 is 0 Å². The lowest BCUT2D eigenvalue weighted by Gasteiger charge is -2.36. The zero-order chi connectivity index (χ0) is 12.1.